The molecular formula is C29H42N2O4. The fourth-order valence-corrected chi connectivity index (χ4v) is 3.85. The van der Waals surface area contributed by atoms with Gasteiger partial charge in [0.15, 0.2) is 0 Å². The van der Waals surface area contributed by atoms with Gasteiger partial charge in [0.1, 0.15) is 11.5 Å². The molecule has 2 aromatic rings. The lowest BCUT2D eigenvalue weighted by atomic mass is 10.0. The molecule has 0 aliphatic rings. The molecule has 2 N–H and O–H groups in total. The lowest BCUT2D eigenvalue weighted by Gasteiger charge is -2.10. The Morgan fingerprint density at radius 2 is 0.971 bits per heavy atom. The molecule has 0 atom stereocenters. The third-order valence-corrected chi connectivity index (χ3v) is 5.98. The number of hydrogen-bond acceptors (Lipinski definition) is 6. The zero-order valence-electron chi connectivity index (χ0n) is 21.4. The minimum atomic E-state index is 0.561. The number of benzene rings is 2. The Kier molecular flexibility index (Phi) is 14.0. The van der Waals surface area contributed by atoms with Crippen molar-refractivity contribution in [2.24, 2.45) is 10.3 Å². The number of oxime groups is 2. The maximum atomic E-state index is 9.52. The van der Waals surface area contributed by atoms with Gasteiger partial charge < -0.3 is 19.9 Å². The fourth-order valence-electron chi connectivity index (χ4n) is 3.85. The molecule has 2 aromatic carbocycles. The summed E-state index contributed by atoms with van der Waals surface area (Å²) in [6.45, 7) is 5.83. The van der Waals surface area contributed by atoms with E-state index in [0.29, 0.717) is 30.7 Å². The molecule has 192 valence electrons. The van der Waals surface area contributed by atoms with E-state index >= 15 is 0 Å². The van der Waals surface area contributed by atoms with Crippen molar-refractivity contribution in [2.75, 3.05) is 13.2 Å². The van der Waals surface area contributed by atoms with Gasteiger partial charge >= 0.3 is 0 Å². The van der Waals surface area contributed by atoms with Gasteiger partial charge in [0.2, 0.25) is 0 Å². The summed E-state index contributed by atoms with van der Waals surface area (Å²) in [5.74, 6) is 1.65. The first kappa shape index (κ1) is 28.2. The molecule has 0 bridgehead atoms. The van der Waals surface area contributed by atoms with Crippen molar-refractivity contribution in [3.05, 3.63) is 59.7 Å². The van der Waals surface area contributed by atoms with Crippen LogP contribution in [0.25, 0.3) is 0 Å². The summed E-state index contributed by atoms with van der Waals surface area (Å²) in [4.78, 5) is 0. The Morgan fingerprint density at radius 3 is 1.31 bits per heavy atom. The Labute approximate surface area is 210 Å². The van der Waals surface area contributed by atoms with Crippen molar-refractivity contribution in [3.8, 4) is 11.5 Å². The van der Waals surface area contributed by atoms with Crippen LogP contribution in [0.4, 0.5) is 0 Å². The molecule has 0 aliphatic heterocycles. The second-order valence-corrected chi connectivity index (χ2v) is 8.81. The van der Waals surface area contributed by atoms with Crippen LogP contribution < -0.4 is 9.47 Å². The standard InChI is InChI=1S/C29H42N2O4/c1-3-5-7-9-22-34-26-18-14-24(15-19-26)28(30-32)12-11-13-29(31-33)25-16-20-27(21-17-25)35-23-10-8-6-4-2/h14-21,32-33H,3-13,22-23H2,1-2H3/b30-28-,31-29+. The predicted octanol–water partition coefficient (Wildman–Crippen LogP) is 7.83. The van der Waals surface area contributed by atoms with Crippen LogP contribution in [0.5, 0.6) is 11.5 Å². The molecule has 0 radical (unpaired) electrons. The van der Waals surface area contributed by atoms with E-state index in [4.69, 9.17) is 9.47 Å². The van der Waals surface area contributed by atoms with Crippen LogP contribution in [0.3, 0.4) is 0 Å². The van der Waals surface area contributed by atoms with E-state index in [-0.39, 0.29) is 0 Å². The zero-order valence-corrected chi connectivity index (χ0v) is 21.4. The van der Waals surface area contributed by atoms with Crippen LogP contribution >= 0.6 is 0 Å². The van der Waals surface area contributed by atoms with Crippen LogP contribution in [-0.2, 0) is 0 Å². The first-order valence-electron chi connectivity index (χ1n) is 13.1. The first-order chi connectivity index (χ1) is 17.2. The Balaban J connectivity index is 1.78. The Morgan fingerprint density at radius 1 is 0.571 bits per heavy atom. The Bertz CT molecular complexity index is 803. The molecule has 0 unspecified atom stereocenters. The molecule has 0 heterocycles. The highest BCUT2D eigenvalue weighted by Gasteiger charge is 2.09. The van der Waals surface area contributed by atoms with Crippen LogP contribution in [-0.4, -0.2) is 35.1 Å². The second kappa shape index (κ2) is 17.4. The van der Waals surface area contributed by atoms with E-state index in [1.807, 2.05) is 48.5 Å². The third kappa shape index (κ3) is 10.8. The molecule has 0 aromatic heterocycles. The average Bonchev–Trinajstić information content (AvgIpc) is 2.90. The maximum absolute atomic E-state index is 9.52. The Hall–Kier alpha value is -3.02. The van der Waals surface area contributed by atoms with Gasteiger partial charge in [-0.2, -0.15) is 0 Å². The summed E-state index contributed by atoms with van der Waals surface area (Å²) >= 11 is 0. The molecule has 6 nitrogen and oxygen atoms in total. The molecule has 0 spiro atoms. The minimum absolute atomic E-state index is 0.561. The molecule has 0 saturated heterocycles. The minimum Gasteiger partial charge on any atom is -0.494 e. The molecule has 2 rings (SSSR count). The topological polar surface area (TPSA) is 83.6 Å². The van der Waals surface area contributed by atoms with E-state index in [9.17, 15) is 10.4 Å². The van der Waals surface area contributed by atoms with Gasteiger partial charge in [-0.25, -0.2) is 0 Å². The van der Waals surface area contributed by atoms with Crippen molar-refractivity contribution in [3.63, 3.8) is 0 Å². The van der Waals surface area contributed by atoms with Gasteiger partial charge in [-0.3, -0.25) is 0 Å². The maximum Gasteiger partial charge on any atom is 0.119 e. The molecule has 0 fully saturated rings. The smallest absolute Gasteiger partial charge is 0.119 e. The van der Waals surface area contributed by atoms with Gasteiger partial charge in [-0.15, -0.1) is 0 Å². The van der Waals surface area contributed by atoms with Gasteiger partial charge in [0.05, 0.1) is 24.6 Å². The molecule has 0 amide bonds. The SMILES string of the molecule is CCCCCCOc1ccc(/C(CCC/C(=N\O)c2ccc(OCCCCCC)cc2)=N\O)cc1. The fraction of sp³-hybridized carbons (Fsp3) is 0.517. The molecule has 0 saturated carbocycles. The van der Waals surface area contributed by atoms with Crippen molar-refractivity contribution >= 4 is 11.4 Å². The van der Waals surface area contributed by atoms with Crippen LogP contribution in [0, 0.1) is 0 Å². The average molecular weight is 483 g/mol. The van der Waals surface area contributed by atoms with E-state index in [1.54, 1.807) is 0 Å². The summed E-state index contributed by atoms with van der Waals surface area (Å²) < 4.78 is 11.6. The molecule has 0 aliphatic carbocycles. The summed E-state index contributed by atoms with van der Waals surface area (Å²) in [5, 5.41) is 26.0. The normalized spacial score (nSPS) is 12.1. The largest absolute Gasteiger partial charge is 0.494 e. The summed E-state index contributed by atoms with van der Waals surface area (Å²) in [6.07, 6.45) is 11.2. The van der Waals surface area contributed by atoms with E-state index in [2.05, 4.69) is 24.2 Å². The lowest BCUT2D eigenvalue weighted by Crippen LogP contribution is -2.06. The number of rotatable bonds is 18. The molecule has 35 heavy (non-hydrogen) atoms. The van der Waals surface area contributed by atoms with Crippen LogP contribution in [0.15, 0.2) is 58.8 Å². The second-order valence-electron chi connectivity index (χ2n) is 8.81. The van der Waals surface area contributed by atoms with Crippen molar-refractivity contribution in [1.82, 2.24) is 0 Å². The highest BCUT2D eigenvalue weighted by molar-refractivity contribution is 6.02. The quantitative estimate of drug-likeness (QED) is 0.0981. The van der Waals surface area contributed by atoms with E-state index in [1.165, 1.54) is 38.5 Å². The van der Waals surface area contributed by atoms with E-state index in [0.717, 1.165) is 48.7 Å². The van der Waals surface area contributed by atoms with Crippen LogP contribution in [0.1, 0.15) is 95.6 Å². The van der Waals surface area contributed by atoms with Crippen molar-refractivity contribution in [1.29, 1.82) is 0 Å². The number of unbranched alkanes of at least 4 members (excludes halogenated alkanes) is 6. The summed E-state index contributed by atoms with van der Waals surface area (Å²) in [6, 6.07) is 15.3. The first-order valence-corrected chi connectivity index (χ1v) is 13.1. The predicted molar refractivity (Wildman–Crippen MR) is 143 cm³/mol. The molecule has 6 heteroatoms. The monoisotopic (exact) mass is 482 g/mol. The van der Waals surface area contributed by atoms with Gasteiger partial charge in [-0.05, 0) is 91.8 Å². The van der Waals surface area contributed by atoms with Crippen molar-refractivity contribution in [2.45, 2.75) is 84.5 Å². The number of nitrogens with zero attached hydrogens (tertiary/aromatic N) is 2. The highest BCUT2D eigenvalue weighted by atomic mass is 16.5. The lowest BCUT2D eigenvalue weighted by molar-refractivity contribution is 0.305. The van der Waals surface area contributed by atoms with Gasteiger partial charge in [0.25, 0.3) is 0 Å². The summed E-state index contributed by atoms with van der Waals surface area (Å²) in [7, 11) is 0. The van der Waals surface area contributed by atoms with Gasteiger partial charge in [0, 0.05) is 0 Å². The number of hydrogen-bond donors (Lipinski definition) is 2. The van der Waals surface area contributed by atoms with Crippen molar-refractivity contribution < 1.29 is 19.9 Å². The third-order valence-electron chi connectivity index (χ3n) is 5.98. The van der Waals surface area contributed by atoms with Gasteiger partial charge in [-0.1, -0.05) is 62.7 Å². The zero-order chi connectivity index (χ0) is 25.1. The summed E-state index contributed by atoms with van der Waals surface area (Å²) in [5.41, 5.74) is 2.91. The van der Waals surface area contributed by atoms with Crippen LogP contribution in [0.2, 0.25) is 0 Å². The molecular weight excluding hydrogens is 440 g/mol. The van der Waals surface area contributed by atoms with E-state index < -0.39 is 0 Å². The number of ether oxygens (including phenoxy) is 2. The highest BCUT2D eigenvalue weighted by Crippen LogP contribution is 2.18.